The van der Waals surface area contributed by atoms with Gasteiger partial charge in [0, 0.05) is 28.3 Å². The number of H-pyrrole nitrogens is 1. The number of ether oxygens (including phenoxy) is 3. The number of nitrogens with one attached hydrogen (secondary N) is 1. The Morgan fingerprint density at radius 1 is 1.00 bits per heavy atom. The van der Waals surface area contributed by atoms with Crippen molar-refractivity contribution >= 4 is 17.7 Å². The fourth-order valence-corrected chi connectivity index (χ4v) is 3.96. The highest BCUT2D eigenvalue weighted by molar-refractivity contribution is 6.02. The minimum atomic E-state index is -2.92. The zero-order valence-electron chi connectivity index (χ0n) is 20.0. The Labute approximate surface area is 200 Å². The summed E-state index contributed by atoms with van der Waals surface area (Å²) >= 11 is 0. The maximum Gasteiger partial charge on any atom is 0.387 e. The molecule has 0 unspecified atom stereocenters. The molecule has 8 nitrogen and oxygen atoms in total. The Bertz CT molecular complexity index is 1260. The molecule has 0 fully saturated rings. The number of aryl methyl sites for hydroxylation is 2. The molecule has 0 saturated heterocycles. The third-order valence-corrected chi connectivity index (χ3v) is 5.51. The summed E-state index contributed by atoms with van der Waals surface area (Å²) in [4.78, 5) is 40.4. The van der Waals surface area contributed by atoms with Gasteiger partial charge in [0.05, 0.1) is 12.2 Å². The van der Waals surface area contributed by atoms with E-state index in [2.05, 4.69) is 9.72 Å². The molecular formula is C25H26F2N2O6. The van der Waals surface area contributed by atoms with E-state index in [1.54, 1.807) is 57.4 Å². The number of rotatable bonds is 9. The first-order valence-corrected chi connectivity index (χ1v) is 10.9. The summed E-state index contributed by atoms with van der Waals surface area (Å²) in [5, 5.41) is 0. The molecule has 2 aromatic heterocycles. The predicted octanol–water partition coefficient (Wildman–Crippen LogP) is 4.86. The molecule has 35 heavy (non-hydrogen) atoms. The molecule has 0 aliphatic carbocycles. The number of esters is 2. The van der Waals surface area contributed by atoms with E-state index in [4.69, 9.17) is 9.47 Å². The number of alkyl halides is 2. The molecular weight excluding hydrogens is 462 g/mol. The van der Waals surface area contributed by atoms with Crippen LogP contribution in [0.3, 0.4) is 0 Å². The Morgan fingerprint density at radius 2 is 1.66 bits per heavy atom. The second kappa shape index (κ2) is 10.5. The lowest BCUT2D eigenvalue weighted by atomic mass is 10.1. The van der Waals surface area contributed by atoms with Gasteiger partial charge in [-0.05, 0) is 70.5 Å². The highest BCUT2D eigenvalue weighted by Crippen LogP contribution is 2.25. The maximum absolute atomic E-state index is 12.9. The zero-order chi connectivity index (χ0) is 25.9. The number of carbonyl (C=O) groups excluding carboxylic acids is 3. The molecule has 3 aromatic rings. The largest absolute Gasteiger partial charge is 0.461 e. The second-order valence-electron chi connectivity index (χ2n) is 7.84. The number of halogens is 2. The normalized spacial score (nSPS) is 11.0. The van der Waals surface area contributed by atoms with Crippen LogP contribution in [0.1, 0.15) is 60.8 Å². The number of aromatic nitrogens is 2. The first kappa shape index (κ1) is 25.7. The number of ketones is 1. The van der Waals surface area contributed by atoms with E-state index in [1.165, 1.54) is 12.1 Å². The highest BCUT2D eigenvalue weighted by Gasteiger charge is 2.25. The number of nitrogens with zero attached hydrogens (tertiary/aromatic N) is 1. The van der Waals surface area contributed by atoms with Crippen LogP contribution in [0.2, 0.25) is 0 Å². The minimum Gasteiger partial charge on any atom is -0.461 e. The molecule has 0 aliphatic heterocycles. The maximum atomic E-state index is 12.9. The van der Waals surface area contributed by atoms with Gasteiger partial charge in [0.1, 0.15) is 11.4 Å². The van der Waals surface area contributed by atoms with Crippen molar-refractivity contribution in [2.45, 2.75) is 41.2 Å². The summed E-state index contributed by atoms with van der Waals surface area (Å²) in [7, 11) is 0. The number of hydrogen-bond donors (Lipinski definition) is 1. The van der Waals surface area contributed by atoms with Crippen molar-refractivity contribution in [3.8, 4) is 11.4 Å². The highest BCUT2D eigenvalue weighted by atomic mass is 19.3. The first-order chi connectivity index (χ1) is 16.5. The van der Waals surface area contributed by atoms with Crippen LogP contribution in [0.4, 0.5) is 8.78 Å². The van der Waals surface area contributed by atoms with Crippen LogP contribution < -0.4 is 4.74 Å². The number of aromatic amines is 1. The molecule has 0 spiro atoms. The lowest BCUT2D eigenvalue weighted by Gasteiger charge is -2.11. The molecule has 1 aromatic carbocycles. The van der Waals surface area contributed by atoms with Crippen molar-refractivity contribution in [3.05, 3.63) is 69.8 Å². The molecule has 0 aliphatic rings. The van der Waals surface area contributed by atoms with E-state index in [-0.39, 0.29) is 23.6 Å². The SMILES string of the molecule is CCOC(=O)c1[nH]c(C)c(C(=O)OCC(=O)c2cc(C)n(-c3ccc(OC(F)F)cc3)c2C)c1C. The third kappa shape index (κ3) is 5.42. The smallest absolute Gasteiger partial charge is 0.387 e. The lowest BCUT2D eigenvalue weighted by Crippen LogP contribution is -2.16. The molecule has 0 saturated carbocycles. The van der Waals surface area contributed by atoms with Crippen molar-refractivity contribution < 1.29 is 37.4 Å². The van der Waals surface area contributed by atoms with E-state index in [0.717, 1.165) is 5.69 Å². The van der Waals surface area contributed by atoms with Gasteiger partial charge in [-0.25, -0.2) is 9.59 Å². The van der Waals surface area contributed by atoms with Gasteiger partial charge in [-0.1, -0.05) is 0 Å². The van der Waals surface area contributed by atoms with Crippen LogP contribution in [0.5, 0.6) is 5.75 Å². The van der Waals surface area contributed by atoms with Crippen molar-refractivity contribution in [1.29, 1.82) is 0 Å². The van der Waals surface area contributed by atoms with Crippen LogP contribution >= 0.6 is 0 Å². The van der Waals surface area contributed by atoms with Crippen molar-refractivity contribution in [2.24, 2.45) is 0 Å². The predicted molar refractivity (Wildman–Crippen MR) is 123 cm³/mol. The van der Waals surface area contributed by atoms with Crippen LogP contribution in [0.15, 0.2) is 30.3 Å². The molecule has 10 heteroatoms. The molecule has 0 radical (unpaired) electrons. The fraction of sp³-hybridized carbons (Fsp3) is 0.320. The number of hydrogen-bond acceptors (Lipinski definition) is 6. The van der Waals surface area contributed by atoms with Gasteiger partial charge in [0.25, 0.3) is 0 Å². The molecule has 186 valence electrons. The fourth-order valence-electron chi connectivity index (χ4n) is 3.96. The topological polar surface area (TPSA) is 99.6 Å². The van der Waals surface area contributed by atoms with Crippen molar-refractivity contribution in [3.63, 3.8) is 0 Å². The van der Waals surface area contributed by atoms with E-state index in [0.29, 0.717) is 28.2 Å². The Hall–Kier alpha value is -3.95. The molecule has 0 atom stereocenters. The summed E-state index contributed by atoms with van der Waals surface area (Å²) in [6, 6.07) is 7.70. The zero-order valence-corrected chi connectivity index (χ0v) is 20.0. The molecule has 0 amide bonds. The van der Waals surface area contributed by atoms with Gasteiger partial charge in [0.2, 0.25) is 5.78 Å². The summed E-state index contributed by atoms with van der Waals surface area (Å²) in [5.74, 6) is -1.70. The number of Topliss-reactive ketones (excluding diaryl/α,β-unsaturated/α-hetero) is 1. The van der Waals surface area contributed by atoms with Gasteiger partial charge in [0.15, 0.2) is 6.61 Å². The quantitative estimate of drug-likeness (QED) is 0.341. The molecule has 3 rings (SSSR count). The molecule has 1 N–H and O–H groups in total. The summed E-state index contributed by atoms with van der Waals surface area (Å²) < 4.78 is 41.2. The van der Waals surface area contributed by atoms with Gasteiger partial charge in [-0.3, -0.25) is 4.79 Å². The summed E-state index contributed by atoms with van der Waals surface area (Å²) in [6.07, 6.45) is 0. The lowest BCUT2D eigenvalue weighted by molar-refractivity contribution is -0.0498. The van der Waals surface area contributed by atoms with E-state index in [9.17, 15) is 23.2 Å². The first-order valence-electron chi connectivity index (χ1n) is 10.9. The van der Waals surface area contributed by atoms with Crippen LogP contribution in [0.25, 0.3) is 5.69 Å². The van der Waals surface area contributed by atoms with E-state index < -0.39 is 30.9 Å². The van der Waals surface area contributed by atoms with Gasteiger partial charge >= 0.3 is 18.6 Å². The summed E-state index contributed by atoms with van der Waals surface area (Å²) in [5.41, 5.74) is 3.51. The average Bonchev–Trinajstić information content (AvgIpc) is 3.26. The Kier molecular flexibility index (Phi) is 7.73. The standard InChI is InChI=1S/C25H26F2N2O6/c1-6-33-24(32)22-14(3)21(15(4)28-22)23(31)34-12-20(30)19-11-13(2)29(16(19)5)17-7-9-18(10-8-17)35-25(26)27/h7-11,25,28H,6,12H2,1-5H3. The van der Waals surface area contributed by atoms with Crippen molar-refractivity contribution in [1.82, 2.24) is 9.55 Å². The second-order valence-corrected chi connectivity index (χ2v) is 7.84. The Balaban J connectivity index is 1.75. The van der Waals surface area contributed by atoms with Gasteiger partial charge in [-0.2, -0.15) is 8.78 Å². The van der Waals surface area contributed by atoms with Crippen LogP contribution in [0, 0.1) is 27.7 Å². The summed E-state index contributed by atoms with van der Waals surface area (Å²) in [6.45, 7) is 5.20. The Morgan fingerprint density at radius 3 is 2.26 bits per heavy atom. The molecule has 2 heterocycles. The number of carbonyl (C=O) groups is 3. The van der Waals surface area contributed by atoms with E-state index in [1.807, 2.05) is 0 Å². The van der Waals surface area contributed by atoms with Crippen LogP contribution in [-0.4, -0.2) is 47.1 Å². The third-order valence-electron chi connectivity index (χ3n) is 5.51. The molecule has 0 bridgehead atoms. The minimum absolute atomic E-state index is 0.0240. The van der Waals surface area contributed by atoms with Gasteiger partial charge in [-0.15, -0.1) is 0 Å². The average molecular weight is 488 g/mol. The number of benzene rings is 1. The van der Waals surface area contributed by atoms with Crippen LogP contribution in [-0.2, 0) is 9.47 Å². The monoisotopic (exact) mass is 488 g/mol. The van der Waals surface area contributed by atoms with E-state index >= 15 is 0 Å². The van der Waals surface area contributed by atoms with Gasteiger partial charge < -0.3 is 23.8 Å². The van der Waals surface area contributed by atoms with Crippen molar-refractivity contribution in [2.75, 3.05) is 13.2 Å².